The molecule has 4 nitrogen and oxygen atoms in total. The van der Waals surface area contributed by atoms with E-state index >= 15 is 0 Å². The molecular formula is C24H22N2O2S. The lowest BCUT2D eigenvalue weighted by Crippen LogP contribution is -2.12. The van der Waals surface area contributed by atoms with Crippen molar-refractivity contribution in [3.63, 3.8) is 0 Å². The van der Waals surface area contributed by atoms with E-state index in [1.165, 1.54) is 22.9 Å². The summed E-state index contributed by atoms with van der Waals surface area (Å²) in [7, 11) is 0. The minimum atomic E-state index is -0.284. The molecule has 0 unspecified atom stereocenters. The van der Waals surface area contributed by atoms with Crippen LogP contribution in [0.3, 0.4) is 0 Å². The van der Waals surface area contributed by atoms with E-state index in [9.17, 15) is 4.79 Å². The Morgan fingerprint density at radius 3 is 2.48 bits per heavy atom. The van der Waals surface area contributed by atoms with Crippen LogP contribution in [0.4, 0.5) is 0 Å². The van der Waals surface area contributed by atoms with Crippen LogP contribution < -0.4 is 4.74 Å². The van der Waals surface area contributed by atoms with Gasteiger partial charge in [0.2, 0.25) is 0 Å². The average molecular weight is 403 g/mol. The molecule has 0 bridgehead atoms. The summed E-state index contributed by atoms with van der Waals surface area (Å²) in [6.07, 6.45) is 0. The van der Waals surface area contributed by atoms with Gasteiger partial charge in [-0.25, -0.2) is 4.98 Å². The predicted molar refractivity (Wildman–Crippen MR) is 118 cm³/mol. The molecule has 0 aliphatic carbocycles. The number of esters is 1. The Balaban J connectivity index is 1.54. The average Bonchev–Trinajstić information content (AvgIpc) is 3.07. The molecule has 1 aromatic heterocycles. The van der Waals surface area contributed by atoms with Crippen LogP contribution in [0, 0.1) is 13.8 Å². The van der Waals surface area contributed by atoms with Crippen molar-refractivity contribution in [3.05, 3.63) is 89.5 Å². The van der Waals surface area contributed by atoms with Gasteiger partial charge >= 0.3 is 5.97 Å². The summed E-state index contributed by atoms with van der Waals surface area (Å²) in [5.41, 5.74) is 5.59. The quantitative estimate of drug-likeness (QED) is 0.246. The van der Waals surface area contributed by atoms with Crippen molar-refractivity contribution in [1.29, 1.82) is 0 Å². The van der Waals surface area contributed by atoms with Crippen LogP contribution in [-0.2, 0) is 11.3 Å². The standard InChI is InChI=1S/C24H22N2O2S/c1-17-11-13-20(14-12-17)28-23(27)16-29-24-25-21-9-5-6-10-22(21)26(24)15-19-8-4-3-7-18(19)2/h3-14H,15-16H2,1-2H3. The summed E-state index contributed by atoms with van der Waals surface area (Å²) in [5.74, 6) is 0.480. The minimum absolute atomic E-state index is 0.199. The van der Waals surface area contributed by atoms with Crippen molar-refractivity contribution in [2.45, 2.75) is 25.5 Å². The number of imidazole rings is 1. The fourth-order valence-electron chi connectivity index (χ4n) is 3.16. The number of carbonyl (C=O) groups is 1. The summed E-state index contributed by atoms with van der Waals surface area (Å²) in [6, 6.07) is 23.9. The zero-order chi connectivity index (χ0) is 20.2. The zero-order valence-electron chi connectivity index (χ0n) is 16.5. The molecule has 0 spiro atoms. The third kappa shape index (κ3) is 4.51. The van der Waals surface area contributed by atoms with Crippen molar-refractivity contribution in [2.24, 2.45) is 0 Å². The van der Waals surface area contributed by atoms with Gasteiger partial charge in [-0.3, -0.25) is 4.79 Å². The Bertz CT molecular complexity index is 1150. The molecule has 0 aliphatic rings. The molecule has 5 heteroatoms. The minimum Gasteiger partial charge on any atom is -0.426 e. The zero-order valence-corrected chi connectivity index (χ0v) is 17.3. The molecule has 4 aromatic rings. The SMILES string of the molecule is Cc1ccc(OC(=O)CSc2nc3ccccc3n2Cc2ccccc2C)cc1. The van der Waals surface area contributed by atoms with Crippen molar-refractivity contribution in [3.8, 4) is 5.75 Å². The Labute approximate surface area is 174 Å². The van der Waals surface area contributed by atoms with Gasteiger partial charge in [0, 0.05) is 0 Å². The highest BCUT2D eigenvalue weighted by molar-refractivity contribution is 7.99. The van der Waals surface area contributed by atoms with Gasteiger partial charge in [-0.05, 0) is 49.2 Å². The second-order valence-corrected chi connectivity index (χ2v) is 7.91. The Morgan fingerprint density at radius 1 is 0.966 bits per heavy atom. The highest BCUT2D eigenvalue weighted by atomic mass is 32.2. The van der Waals surface area contributed by atoms with E-state index in [0.717, 1.165) is 21.8 Å². The molecule has 0 atom stereocenters. The highest BCUT2D eigenvalue weighted by Crippen LogP contribution is 2.26. The smallest absolute Gasteiger partial charge is 0.321 e. The summed E-state index contributed by atoms with van der Waals surface area (Å²) >= 11 is 1.41. The number of ether oxygens (including phenoxy) is 1. The number of hydrogen-bond donors (Lipinski definition) is 0. The van der Waals surface area contributed by atoms with Crippen LogP contribution in [-0.4, -0.2) is 21.3 Å². The van der Waals surface area contributed by atoms with Crippen LogP contribution >= 0.6 is 11.8 Å². The van der Waals surface area contributed by atoms with E-state index in [4.69, 9.17) is 9.72 Å². The third-order valence-corrected chi connectivity index (χ3v) is 5.73. The van der Waals surface area contributed by atoms with Crippen LogP contribution in [0.5, 0.6) is 5.75 Å². The van der Waals surface area contributed by atoms with Gasteiger partial charge < -0.3 is 9.30 Å². The third-order valence-electron chi connectivity index (χ3n) is 4.78. The van der Waals surface area contributed by atoms with Crippen molar-refractivity contribution >= 4 is 28.8 Å². The van der Waals surface area contributed by atoms with Gasteiger partial charge in [-0.15, -0.1) is 0 Å². The summed E-state index contributed by atoms with van der Waals surface area (Å²) < 4.78 is 7.61. The van der Waals surface area contributed by atoms with Gasteiger partial charge in [0.25, 0.3) is 0 Å². The summed E-state index contributed by atoms with van der Waals surface area (Å²) in [4.78, 5) is 17.1. The van der Waals surface area contributed by atoms with Crippen molar-refractivity contribution in [2.75, 3.05) is 5.75 Å². The van der Waals surface area contributed by atoms with Gasteiger partial charge in [0.1, 0.15) is 5.75 Å². The largest absolute Gasteiger partial charge is 0.426 e. The first-order chi connectivity index (χ1) is 14.1. The highest BCUT2D eigenvalue weighted by Gasteiger charge is 2.15. The lowest BCUT2D eigenvalue weighted by Gasteiger charge is -2.11. The Morgan fingerprint density at radius 2 is 1.69 bits per heavy atom. The summed E-state index contributed by atoms with van der Waals surface area (Å²) in [6.45, 7) is 4.82. The van der Waals surface area contributed by atoms with Crippen LogP contribution in [0.15, 0.2) is 78.0 Å². The van der Waals surface area contributed by atoms with Crippen LogP contribution in [0.2, 0.25) is 0 Å². The molecule has 0 aliphatic heterocycles. The molecule has 0 fully saturated rings. The maximum Gasteiger partial charge on any atom is 0.321 e. The number of hydrogen-bond acceptors (Lipinski definition) is 4. The van der Waals surface area contributed by atoms with E-state index in [1.54, 1.807) is 0 Å². The number of rotatable bonds is 6. The van der Waals surface area contributed by atoms with E-state index in [-0.39, 0.29) is 11.7 Å². The van der Waals surface area contributed by atoms with Gasteiger partial charge in [0.15, 0.2) is 5.16 Å². The number of aryl methyl sites for hydroxylation is 2. The van der Waals surface area contributed by atoms with E-state index < -0.39 is 0 Å². The first-order valence-corrected chi connectivity index (χ1v) is 10.5. The van der Waals surface area contributed by atoms with Crippen molar-refractivity contribution in [1.82, 2.24) is 9.55 Å². The number of para-hydroxylation sites is 2. The number of carbonyl (C=O) groups excluding carboxylic acids is 1. The normalized spacial score (nSPS) is 11.0. The molecule has 0 saturated heterocycles. The first-order valence-electron chi connectivity index (χ1n) is 9.50. The monoisotopic (exact) mass is 402 g/mol. The molecule has 3 aromatic carbocycles. The van der Waals surface area contributed by atoms with Crippen LogP contribution in [0.25, 0.3) is 11.0 Å². The molecule has 1 heterocycles. The lowest BCUT2D eigenvalue weighted by atomic mass is 10.1. The summed E-state index contributed by atoms with van der Waals surface area (Å²) in [5, 5.41) is 0.815. The number of aromatic nitrogens is 2. The molecule has 0 N–H and O–H groups in total. The molecule has 0 saturated carbocycles. The topological polar surface area (TPSA) is 44.1 Å². The molecular weight excluding hydrogens is 380 g/mol. The fourth-order valence-corrected chi connectivity index (χ4v) is 3.95. The molecule has 0 amide bonds. The Hall–Kier alpha value is -3.05. The molecule has 29 heavy (non-hydrogen) atoms. The Kier molecular flexibility index (Phi) is 5.67. The second kappa shape index (κ2) is 8.53. The first kappa shape index (κ1) is 19.3. The molecule has 0 radical (unpaired) electrons. The van der Waals surface area contributed by atoms with Gasteiger partial charge in [0.05, 0.1) is 23.3 Å². The number of fused-ring (bicyclic) bond motifs is 1. The van der Waals surface area contributed by atoms with Gasteiger partial charge in [-0.2, -0.15) is 0 Å². The number of nitrogens with zero attached hydrogens (tertiary/aromatic N) is 2. The number of benzene rings is 3. The van der Waals surface area contributed by atoms with Gasteiger partial charge in [-0.1, -0.05) is 65.9 Å². The van der Waals surface area contributed by atoms with E-state index in [2.05, 4.69) is 29.7 Å². The second-order valence-electron chi connectivity index (χ2n) is 6.97. The maximum absolute atomic E-state index is 12.3. The lowest BCUT2D eigenvalue weighted by molar-refractivity contribution is -0.131. The van der Waals surface area contributed by atoms with Crippen molar-refractivity contribution < 1.29 is 9.53 Å². The van der Waals surface area contributed by atoms with Crippen LogP contribution in [0.1, 0.15) is 16.7 Å². The predicted octanol–water partition coefficient (Wildman–Crippen LogP) is 5.40. The molecule has 146 valence electrons. The molecule has 4 rings (SSSR count). The number of thioether (sulfide) groups is 1. The maximum atomic E-state index is 12.3. The fraction of sp³-hybridized carbons (Fsp3) is 0.167. The van der Waals surface area contributed by atoms with E-state index in [0.29, 0.717) is 12.3 Å². The van der Waals surface area contributed by atoms with E-state index in [1.807, 2.05) is 61.5 Å².